The van der Waals surface area contributed by atoms with Crippen molar-refractivity contribution in [3.63, 3.8) is 0 Å². The number of halogens is 3. The Labute approximate surface area is 108 Å². The van der Waals surface area contributed by atoms with Crippen molar-refractivity contribution in [3.05, 3.63) is 34.4 Å². The van der Waals surface area contributed by atoms with E-state index < -0.39 is 17.5 Å². The Balaban J connectivity index is 2.01. The van der Waals surface area contributed by atoms with E-state index in [1.54, 1.807) is 0 Å². The van der Waals surface area contributed by atoms with Gasteiger partial charge in [0.05, 0.1) is 10.6 Å². The van der Waals surface area contributed by atoms with Gasteiger partial charge in [0.1, 0.15) is 0 Å². The van der Waals surface area contributed by atoms with Gasteiger partial charge in [-0.1, -0.05) is 11.6 Å². The third-order valence-corrected chi connectivity index (χ3v) is 3.29. The molecule has 1 aromatic carbocycles. The first-order chi connectivity index (χ1) is 8.49. The molecule has 0 bridgehead atoms. The summed E-state index contributed by atoms with van der Waals surface area (Å²) in [4.78, 5) is 11.7. The summed E-state index contributed by atoms with van der Waals surface area (Å²) in [5, 5.41) is 2.45. The molecule has 0 spiro atoms. The molecule has 1 aromatic rings. The van der Waals surface area contributed by atoms with Gasteiger partial charge in [0.2, 0.25) is 0 Å². The molecular formula is C12H13ClF2N2O. The standard InChI is InChI=1S/C12H13ClF2N2O/c13-8-4-10(15)9(14)3-7(8)12(18)17-5-11(16)6-1-2-6/h3-4,6,11H,1-2,5,16H2,(H,17,18). The van der Waals surface area contributed by atoms with Crippen molar-refractivity contribution < 1.29 is 13.6 Å². The molecule has 6 heteroatoms. The molecule has 2 rings (SSSR count). The van der Waals surface area contributed by atoms with E-state index in [0.29, 0.717) is 12.5 Å². The van der Waals surface area contributed by atoms with E-state index in [2.05, 4.69) is 5.32 Å². The summed E-state index contributed by atoms with van der Waals surface area (Å²) in [5.74, 6) is -2.28. The minimum absolute atomic E-state index is 0.0847. The van der Waals surface area contributed by atoms with Crippen molar-refractivity contribution in [1.29, 1.82) is 0 Å². The van der Waals surface area contributed by atoms with Crippen LogP contribution in [-0.4, -0.2) is 18.5 Å². The van der Waals surface area contributed by atoms with Gasteiger partial charge in [0, 0.05) is 12.6 Å². The average Bonchev–Trinajstić information content (AvgIpc) is 3.14. The van der Waals surface area contributed by atoms with Crippen molar-refractivity contribution in [2.45, 2.75) is 18.9 Å². The summed E-state index contributed by atoms with van der Waals surface area (Å²) in [6.07, 6.45) is 2.14. The zero-order valence-electron chi connectivity index (χ0n) is 9.55. The van der Waals surface area contributed by atoms with Crippen molar-refractivity contribution in [2.75, 3.05) is 6.54 Å². The van der Waals surface area contributed by atoms with E-state index in [-0.39, 0.29) is 16.6 Å². The Hall–Kier alpha value is -1.20. The quantitative estimate of drug-likeness (QED) is 0.826. The van der Waals surface area contributed by atoms with Crippen LogP contribution in [0, 0.1) is 17.6 Å². The van der Waals surface area contributed by atoms with E-state index in [4.69, 9.17) is 17.3 Å². The van der Waals surface area contributed by atoms with Gasteiger partial charge in [-0.15, -0.1) is 0 Å². The predicted molar refractivity (Wildman–Crippen MR) is 64.4 cm³/mol. The average molecular weight is 275 g/mol. The van der Waals surface area contributed by atoms with Crippen molar-refractivity contribution in [2.24, 2.45) is 11.7 Å². The number of carbonyl (C=O) groups is 1. The summed E-state index contributed by atoms with van der Waals surface area (Å²) in [6.45, 7) is 0.304. The number of amides is 1. The topological polar surface area (TPSA) is 55.1 Å². The first-order valence-electron chi connectivity index (χ1n) is 5.67. The van der Waals surface area contributed by atoms with Crippen LogP contribution in [0.15, 0.2) is 12.1 Å². The maximum absolute atomic E-state index is 13.0. The predicted octanol–water partition coefficient (Wildman–Crippen LogP) is 2.09. The van der Waals surface area contributed by atoms with Crippen LogP contribution in [0.25, 0.3) is 0 Å². The van der Waals surface area contributed by atoms with Crippen molar-refractivity contribution >= 4 is 17.5 Å². The number of nitrogens with one attached hydrogen (secondary N) is 1. The Morgan fingerprint density at radius 2 is 2.06 bits per heavy atom. The molecule has 18 heavy (non-hydrogen) atoms. The molecule has 0 saturated heterocycles. The molecule has 1 fully saturated rings. The van der Waals surface area contributed by atoms with E-state index in [0.717, 1.165) is 25.0 Å². The van der Waals surface area contributed by atoms with Gasteiger partial charge in [-0.25, -0.2) is 8.78 Å². The van der Waals surface area contributed by atoms with Gasteiger partial charge in [-0.2, -0.15) is 0 Å². The molecule has 1 amide bonds. The van der Waals surface area contributed by atoms with Gasteiger partial charge < -0.3 is 11.1 Å². The summed E-state index contributed by atoms with van der Waals surface area (Å²) in [6, 6.07) is 1.47. The molecule has 0 heterocycles. The van der Waals surface area contributed by atoms with Crippen molar-refractivity contribution in [1.82, 2.24) is 5.32 Å². The summed E-state index contributed by atoms with van der Waals surface area (Å²) in [5.41, 5.74) is 5.73. The van der Waals surface area contributed by atoms with Gasteiger partial charge >= 0.3 is 0 Å². The molecule has 1 aliphatic carbocycles. The second kappa shape index (κ2) is 5.20. The third-order valence-electron chi connectivity index (χ3n) is 2.98. The lowest BCUT2D eigenvalue weighted by Crippen LogP contribution is -2.38. The highest BCUT2D eigenvalue weighted by molar-refractivity contribution is 6.33. The summed E-state index contributed by atoms with van der Waals surface area (Å²) < 4.78 is 25.9. The van der Waals surface area contributed by atoms with Gasteiger partial charge in [0.15, 0.2) is 11.6 Å². The van der Waals surface area contributed by atoms with Crippen LogP contribution in [0.5, 0.6) is 0 Å². The number of hydrogen-bond acceptors (Lipinski definition) is 2. The van der Waals surface area contributed by atoms with E-state index >= 15 is 0 Å². The molecule has 0 aliphatic heterocycles. The Bertz CT molecular complexity index is 477. The smallest absolute Gasteiger partial charge is 0.252 e. The largest absolute Gasteiger partial charge is 0.350 e. The van der Waals surface area contributed by atoms with Crippen LogP contribution in [0.1, 0.15) is 23.2 Å². The zero-order chi connectivity index (χ0) is 13.3. The van der Waals surface area contributed by atoms with E-state index in [1.807, 2.05) is 0 Å². The minimum atomic E-state index is -1.10. The van der Waals surface area contributed by atoms with E-state index in [1.165, 1.54) is 0 Å². The lowest BCUT2D eigenvalue weighted by Gasteiger charge is -2.12. The molecule has 3 nitrogen and oxygen atoms in total. The Kier molecular flexibility index (Phi) is 3.82. The van der Waals surface area contributed by atoms with Crippen LogP contribution < -0.4 is 11.1 Å². The second-order valence-corrected chi connectivity index (χ2v) is 4.86. The molecule has 0 radical (unpaired) electrons. The molecule has 98 valence electrons. The fraction of sp³-hybridized carbons (Fsp3) is 0.417. The molecule has 0 aromatic heterocycles. The third kappa shape index (κ3) is 2.97. The molecule has 1 aliphatic rings. The lowest BCUT2D eigenvalue weighted by atomic mass is 10.1. The highest BCUT2D eigenvalue weighted by Crippen LogP contribution is 2.31. The zero-order valence-corrected chi connectivity index (χ0v) is 10.3. The molecular weight excluding hydrogens is 262 g/mol. The first-order valence-corrected chi connectivity index (χ1v) is 6.05. The Morgan fingerprint density at radius 3 is 2.67 bits per heavy atom. The van der Waals surface area contributed by atoms with Gasteiger partial charge in [0.25, 0.3) is 5.91 Å². The molecule has 1 unspecified atom stereocenters. The maximum atomic E-state index is 13.0. The minimum Gasteiger partial charge on any atom is -0.350 e. The lowest BCUT2D eigenvalue weighted by molar-refractivity contribution is 0.0950. The normalized spacial score (nSPS) is 16.4. The van der Waals surface area contributed by atoms with E-state index in [9.17, 15) is 13.6 Å². The monoisotopic (exact) mass is 274 g/mol. The summed E-state index contributed by atoms with van der Waals surface area (Å²) >= 11 is 5.69. The molecule has 1 saturated carbocycles. The van der Waals surface area contributed by atoms with Gasteiger partial charge in [-0.3, -0.25) is 4.79 Å². The highest BCUT2D eigenvalue weighted by atomic mass is 35.5. The second-order valence-electron chi connectivity index (χ2n) is 4.46. The van der Waals surface area contributed by atoms with Crippen LogP contribution in [0.4, 0.5) is 8.78 Å². The summed E-state index contributed by atoms with van der Waals surface area (Å²) in [7, 11) is 0. The fourth-order valence-electron chi connectivity index (χ4n) is 1.69. The first kappa shape index (κ1) is 13.2. The van der Waals surface area contributed by atoms with Crippen LogP contribution in [-0.2, 0) is 0 Å². The molecule has 1 atom stereocenters. The number of benzene rings is 1. The number of nitrogens with two attached hydrogens (primary N) is 1. The van der Waals surface area contributed by atoms with Crippen LogP contribution >= 0.6 is 11.6 Å². The maximum Gasteiger partial charge on any atom is 0.252 e. The number of rotatable bonds is 4. The van der Waals surface area contributed by atoms with Crippen molar-refractivity contribution in [3.8, 4) is 0 Å². The fourth-order valence-corrected chi connectivity index (χ4v) is 1.93. The van der Waals surface area contributed by atoms with Gasteiger partial charge in [-0.05, 0) is 30.9 Å². The number of hydrogen-bond donors (Lipinski definition) is 2. The number of carbonyl (C=O) groups excluding carboxylic acids is 1. The van der Waals surface area contributed by atoms with Crippen LogP contribution in [0.3, 0.4) is 0 Å². The Morgan fingerprint density at radius 1 is 1.44 bits per heavy atom. The molecule has 3 N–H and O–H groups in total. The highest BCUT2D eigenvalue weighted by Gasteiger charge is 2.28. The SMILES string of the molecule is NC(CNC(=O)c1cc(F)c(F)cc1Cl)C1CC1. The van der Waals surface area contributed by atoms with Crippen LogP contribution in [0.2, 0.25) is 5.02 Å².